The molecule has 7 unspecified atom stereocenters. The summed E-state index contributed by atoms with van der Waals surface area (Å²) in [6.45, 7) is 17.8. The molecule has 0 radical (unpaired) electrons. The van der Waals surface area contributed by atoms with Crippen LogP contribution in [0.25, 0.3) is 0 Å². The average molecular weight is 657 g/mol. The Hall–Kier alpha value is -2.45. The Balaban J connectivity index is 1.56. The van der Waals surface area contributed by atoms with Crippen LogP contribution in [0.3, 0.4) is 0 Å². The lowest BCUT2D eigenvalue weighted by atomic mass is 9.41. The predicted octanol–water partition coefficient (Wildman–Crippen LogP) is 6.50. The molecule has 47 heavy (non-hydrogen) atoms. The summed E-state index contributed by atoms with van der Waals surface area (Å²) in [5.74, 6) is 0.403. The number of fused-ring (bicyclic) bond motifs is 5. The molecule has 2 amide bonds. The molecule has 0 aromatic carbocycles. The molecule has 5 fully saturated rings. The van der Waals surface area contributed by atoms with Crippen molar-refractivity contribution in [3.05, 3.63) is 0 Å². The highest BCUT2D eigenvalue weighted by molar-refractivity contribution is 5.96. The summed E-state index contributed by atoms with van der Waals surface area (Å²) in [7, 11) is 0. The van der Waals surface area contributed by atoms with Crippen molar-refractivity contribution in [1.29, 1.82) is 0 Å². The number of carbonyl (C=O) groups is 5. The number of likely N-dealkylation sites (tertiary alicyclic amines) is 1. The molecule has 1 heterocycles. The monoisotopic (exact) mass is 656 g/mol. The Kier molecular flexibility index (Phi) is 10.00. The largest absolute Gasteiger partial charge is 0.462 e. The fourth-order valence-corrected chi connectivity index (χ4v) is 11.2. The summed E-state index contributed by atoms with van der Waals surface area (Å²) >= 11 is 0. The van der Waals surface area contributed by atoms with E-state index in [4.69, 9.17) is 9.47 Å². The number of nitrogens with zero attached hydrogens (tertiary/aromatic N) is 1. The fourth-order valence-electron chi connectivity index (χ4n) is 11.2. The van der Waals surface area contributed by atoms with Gasteiger partial charge in [-0.2, -0.15) is 0 Å². The van der Waals surface area contributed by atoms with Gasteiger partial charge in [0.2, 0.25) is 5.91 Å². The Morgan fingerprint density at radius 3 is 2.38 bits per heavy atom. The van der Waals surface area contributed by atoms with Gasteiger partial charge in [0, 0.05) is 31.2 Å². The van der Waals surface area contributed by atoms with Gasteiger partial charge in [-0.3, -0.25) is 19.3 Å². The minimum Gasteiger partial charge on any atom is -0.462 e. The van der Waals surface area contributed by atoms with Crippen molar-refractivity contribution in [3.63, 3.8) is 0 Å². The first-order valence-electron chi connectivity index (χ1n) is 18.4. The molecule has 4 saturated carbocycles. The van der Waals surface area contributed by atoms with E-state index in [1.165, 1.54) is 11.8 Å². The second-order valence-corrected chi connectivity index (χ2v) is 17.5. The molecular formula is C38H60N2O7. The van der Waals surface area contributed by atoms with Crippen LogP contribution in [0.4, 0.5) is 4.79 Å². The summed E-state index contributed by atoms with van der Waals surface area (Å²) < 4.78 is 11.9. The molecule has 5 rings (SSSR count). The lowest BCUT2D eigenvalue weighted by Gasteiger charge is -2.64. The maximum Gasteiger partial charge on any atom is 0.410 e. The maximum atomic E-state index is 15.3. The smallest absolute Gasteiger partial charge is 0.410 e. The lowest BCUT2D eigenvalue weighted by molar-refractivity contribution is -0.199. The average Bonchev–Trinajstić information content (AvgIpc) is 3.59. The molecule has 0 bridgehead atoms. The maximum absolute atomic E-state index is 15.3. The minimum atomic E-state index is -0.755. The topological polar surface area (TPSA) is 119 Å². The third-order valence-corrected chi connectivity index (χ3v) is 13.3. The first-order valence-corrected chi connectivity index (χ1v) is 18.4. The Bertz CT molecular complexity index is 1260. The second-order valence-electron chi connectivity index (χ2n) is 17.5. The van der Waals surface area contributed by atoms with Crippen LogP contribution in [0.5, 0.6) is 0 Å². The van der Waals surface area contributed by atoms with Gasteiger partial charge < -0.3 is 19.6 Å². The zero-order valence-electron chi connectivity index (χ0n) is 30.4. The van der Waals surface area contributed by atoms with Gasteiger partial charge in [0.25, 0.3) is 0 Å². The molecule has 4 aliphatic carbocycles. The summed E-state index contributed by atoms with van der Waals surface area (Å²) in [5, 5.41) is 3.32. The van der Waals surface area contributed by atoms with E-state index in [2.05, 4.69) is 33.0 Å². The van der Waals surface area contributed by atoms with Crippen LogP contribution in [-0.2, 0) is 28.7 Å². The second kappa shape index (κ2) is 13.1. The minimum absolute atomic E-state index is 0.0177. The molecule has 0 spiro atoms. The first-order chi connectivity index (χ1) is 21.9. The number of hydrogen-bond acceptors (Lipinski definition) is 7. The lowest BCUT2D eigenvalue weighted by Crippen LogP contribution is -2.71. The van der Waals surface area contributed by atoms with Gasteiger partial charge in [0.05, 0.1) is 6.04 Å². The van der Waals surface area contributed by atoms with Gasteiger partial charge >= 0.3 is 12.1 Å². The molecule has 12 atom stereocenters. The highest BCUT2D eigenvalue weighted by atomic mass is 16.6. The van der Waals surface area contributed by atoms with E-state index in [0.29, 0.717) is 31.7 Å². The van der Waals surface area contributed by atoms with Gasteiger partial charge in [-0.25, -0.2) is 4.79 Å². The highest BCUT2D eigenvalue weighted by Gasteiger charge is 2.70. The Labute approximate surface area is 282 Å². The molecule has 1 saturated heterocycles. The molecule has 9 nitrogen and oxygen atoms in total. The zero-order valence-corrected chi connectivity index (χ0v) is 30.4. The zero-order chi connectivity index (χ0) is 34.6. The van der Waals surface area contributed by atoms with Crippen LogP contribution in [-0.4, -0.2) is 64.8 Å². The van der Waals surface area contributed by atoms with Crippen molar-refractivity contribution in [3.8, 4) is 0 Å². The van der Waals surface area contributed by atoms with Crippen molar-refractivity contribution < 1.29 is 33.4 Å². The summed E-state index contributed by atoms with van der Waals surface area (Å²) in [6, 6.07) is -1.46. The number of amides is 2. The number of Topliss-reactive ketones (excluding diaryl/α,β-unsaturated/α-hetero) is 2. The number of carbonyl (C=O) groups excluding carboxylic acids is 5. The molecule has 5 aliphatic rings. The van der Waals surface area contributed by atoms with Crippen LogP contribution in [0, 0.1) is 52.3 Å². The van der Waals surface area contributed by atoms with Crippen LogP contribution < -0.4 is 5.32 Å². The van der Waals surface area contributed by atoms with Crippen LogP contribution in [0.15, 0.2) is 0 Å². The molecular weight excluding hydrogens is 596 g/mol. The third-order valence-electron chi connectivity index (χ3n) is 13.3. The van der Waals surface area contributed by atoms with E-state index < -0.39 is 29.2 Å². The van der Waals surface area contributed by atoms with Gasteiger partial charge in [-0.15, -0.1) is 0 Å². The molecule has 0 aromatic rings. The summed E-state index contributed by atoms with van der Waals surface area (Å²) in [4.78, 5) is 69.0. The Morgan fingerprint density at radius 2 is 1.74 bits per heavy atom. The van der Waals surface area contributed by atoms with E-state index in [9.17, 15) is 19.2 Å². The first kappa shape index (κ1) is 35.8. The SMILES string of the molecule is CC(=O)CC[C@@H](C)C1CCC2C3C(OC(C)=O)C[C@@H]4C[C@H](C)CC[C@]4(C)C3C(NC(=O)C3CCCN3C(=O)OC(C)(C)C)C(=O)[C@@]21C. The molecule has 1 aliphatic heterocycles. The van der Waals surface area contributed by atoms with Gasteiger partial charge in [-0.05, 0) is 120 Å². The van der Waals surface area contributed by atoms with Crippen LogP contribution >= 0.6 is 0 Å². The normalized spacial score (nSPS) is 40.5. The van der Waals surface area contributed by atoms with Crippen molar-refractivity contribution in [1.82, 2.24) is 10.2 Å². The highest BCUT2D eigenvalue weighted by Crippen LogP contribution is 2.68. The van der Waals surface area contributed by atoms with E-state index in [-0.39, 0.29) is 70.5 Å². The molecule has 264 valence electrons. The predicted molar refractivity (Wildman–Crippen MR) is 178 cm³/mol. The number of ether oxygens (including phenoxy) is 2. The number of esters is 1. The van der Waals surface area contributed by atoms with E-state index in [0.717, 1.165) is 44.9 Å². The van der Waals surface area contributed by atoms with E-state index in [1.807, 2.05) is 20.8 Å². The number of nitrogens with one attached hydrogen (secondary N) is 1. The molecule has 9 heteroatoms. The number of rotatable bonds is 7. The van der Waals surface area contributed by atoms with Gasteiger partial charge in [0.1, 0.15) is 23.5 Å². The van der Waals surface area contributed by atoms with Crippen molar-refractivity contribution in [2.45, 2.75) is 150 Å². The molecule has 1 N–H and O–H groups in total. The fraction of sp³-hybridized carbons (Fsp3) is 0.868. The Morgan fingerprint density at radius 1 is 1.04 bits per heavy atom. The quantitative estimate of drug-likeness (QED) is 0.311. The van der Waals surface area contributed by atoms with Crippen molar-refractivity contribution >= 4 is 29.5 Å². The third kappa shape index (κ3) is 6.62. The standard InChI is InChI=1S/C38H60N2O7/c1-21-16-17-37(8)25(19-21)20-29(46-24(4)42)30-27-15-14-26(22(2)12-13-23(3)41)38(27,9)33(43)32(31(30)37)39-34(44)28-11-10-18-40(28)35(45)47-36(5,6)7/h21-22,25-32H,10-20H2,1-9H3,(H,39,44)/t21-,22-,25+,26?,27?,28?,29?,30?,31?,32?,37+,38-/m1/s1. The van der Waals surface area contributed by atoms with Crippen molar-refractivity contribution in [2.75, 3.05) is 6.54 Å². The van der Waals surface area contributed by atoms with Gasteiger partial charge in [0.15, 0.2) is 5.78 Å². The van der Waals surface area contributed by atoms with Gasteiger partial charge in [-0.1, -0.05) is 34.1 Å². The van der Waals surface area contributed by atoms with Crippen LogP contribution in [0.1, 0.15) is 127 Å². The van der Waals surface area contributed by atoms with E-state index >= 15 is 4.79 Å². The number of hydrogen-bond donors (Lipinski definition) is 1. The summed E-state index contributed by atoms with van der Waals surface area (Å²) in [6.07, 6.45) is 7.11. The molecule has 0 aromatic heterocycles. The van der Waals surface area contributed by atoms with E-state index in [1.54, 1.807) is 6.92 Å². The van der Waals surface area contributed by atoms with Crippen molar-refractivity contribution in [2.24, 2.45) is 52.3 Å². The summed E-state index contributed by atoms with van der Waals surface area (Å²) in [5.41, 5.74) is -1.63. The number of ketones is 2. The van der Waals surface area contributed by atoms with Crippen LogP contribution in [0.2, 0.25) is 0 Å².